The van der Waals surface area contributed by atoms with E-state index in [1.807, 2.05) is 0 Å². The summed E-state index contributed by atoms with van der Waals surface area (Å²) in [5.74, 6) is -1.21. The molecular formula is C48H94N2O5. The fraction of sp³-hybridized carbons (Fsp3) is 0.938. The molecular weight excluding hydrogens is 685 g/mol. The van der Waals surface area contributed by atoms with E-state index in [9.17, 15) is 19.5 Å². The van der Waals surface area contributed by atoms with Gasteiger partial charge in [-0.1, -0.05) is 206 Å². The normalized spacial score (nSPS) is 12.5. The Morgan fingerprint density at radius 2 is 0.782 bits per heavy atom. The molecule has 326 valence electrons. The third kappa shape index (κ3) is 40.4. The summed E-state index contributed by atoms with van der Waals surface area (Å²) in [5, 5.41) is 12.0. The van der Waals surface area contributed by atoms with Crippen molar-refractivity contribution in [3.63, 3.8) is 0 Å². The summed E-state index contributed by atoms with van der Waals surface area (Å²) >= 11 is 0. The predicted molar refractivity (Wildman–Crippen MR) is 235 cm³/mol. The number of hydrogen-bond donors (Lipinski definition) is 3. The van der Waals surface area contributed by atoms with E-state index in [2.05, 4.69) is 19.2 Å². The van der Waals surface area contributed by atoms with Gasteiger partial charge in [-0.2, -0.15) is 0 Å². The number of carboxylic acids is 1. The zero-order valence-corrected chi connectivity index (χ0v) is 36.8. The summed E-state index contributed by atoms with van der Waals surface area (Å²) in [6.07, 6.45) is 47.2. The van der Waals surface area contributed by atoms with Crippen molar-refractivity contribution in [1.29, 1.82) is 0 Å². The van der Waals surface area contributed by atoms with Crippen LogP contribution in [-0.4, -0.2) is 41.6 Å². The molecule has 0 rings (SSSR count). The van der Waals surface area contributed by atoms with Crippen LogP contribution in [0.25, 0.3) is 0 Å². The second-order valence-electron chi connectivity index (χ2n) is 16.9. The van der Waals surface area contributed by atoms with Gasteiger partial charge < -0.3 is 20.9 Å². The lowest BCUT2D eigenvalue weighted by atomic mass is 10.0. The van der Waals surface area contributed by atoms with Crippen LogP contribution in [0.15, 0.2) is 0 Å². The zero-order chi connectivity index (χ0) is 40.3. The summed E-state index contributed by atoms with van der Waals surface area (Å²) in [4.78, 5) is 36.5. The molecule has 1 amide bonds. The van der Waals surface area contributed by atoms with Crippen molar-refractivity contribution in [3.05, 3.63) is 0 Å². The van der Waals surface area contributed by atoms with E-state index in [1.165, 1.54) is 167 Å². The van der Waals surface area contributed by atoms with Crippen LogP contribution in [0, 0.1) is 0 Å². The Hall–Kier alpha value is -1.63. The molecule has 7 heteroatoms. The summed E-state index contributed by atoms with van der Waals surface area (Å²) in [6, 6.07) is -0.852. The van der Waals surface area contributed by atoms with Crippen LogP contribution in [0.4, 0.5) is 0 Å². The molecule has 0 aliphatic rings. The lowest BCUT2D eigenvalue weighted by Gasteiger charge is -2.18. The van der Waals surface area contributed by atoms with Crippen LogP contribution in [0.1, 0.15) is 271 Å². The summed E-state index contributed by atoms with van der Waals surface area (Å²) in [5.41, 5.74) is 5.50. The van der Waals surface area contributed by atoms with Gasteiger partial charge in [-0.25, -0.2) is 4.79 Å². The van der Waals surface area contributed by atoms with E-state index in [0.29, 0.717) is 32.2 Å². The molecule has 7 nitrogen and oxygen atoms in total. The Balaban J connectivity index is 4.26. The number of ether oxygens (including phenoxy) is 1. The van der Waals surface area contributed by atoms with Gasteiger partial charge in [0.2, 0.25) is 5.91 Å². The van der Waals surface area contributed by atoms with Crippen LogP contribution in [0.3, 0.4) is 0 Å². The molecule has 0 aliphatic heterocycles. The van der Waals surface area contributed by atoms with Crippen molar-refractivity contribution < 1.29 is 24.2 Å². The van der Waals surface area contributed by atoms with Gasteiger partial charge in [0, 0.05) is 12.8 Å². The van der Waals surface area contributed by atoms with Crippen LogP contribution in [0.2, 0.25) is 0 Å². The molecule has 0 bridgehead atoms. The number of carbonyl (C=O) groups excluding carboxylic acids is 2. The number of carbonyl (C=O) groups is 3. The molecule has 0 radical (unpaired) electrons. The van der Waals surface area contributed by atoms with Crippen LogP contribution < -0.4 is 11.1 Å². The van der Waals surface area contributed by atoms with Crippen molar-refractivity contribution in [2.45, 2.75) is 283 Å². The van der Waals surface area contributed by atoms with E-state index >= 15 is 0 Å². The molecule has 4 N–H and O–H groups in total. The van der Waals surface area contributed by atoms with Crippen molar-refractivity contribution in [1.82, 2.24) is 5.32 Å². The number of nitrogens with two attached hydrogens (primary N) is 1. The van der Waals surface area contributed by atoms with Gasteiger partial charge in [0.1, 0.15) is 12.1 Å². The third-order valence-electron chi connectivity index (χ3n) is 11.4. The van der Waals surface area contributed by atoms with Gasteiger partial charge in [-0.05, 0) is 57.9 Å². The average Bonchev–Trinajstić information content (AvgIpc) is 3.17. The van der Waals surface area contributed by atoms with E-state index in [1.54, 1.807) is 0 Å². The quantitative estimate of drug-likeness (QED) is 0.0418. The maximum absolute atomic E-state index is 12.8. The second-order valence-corrected chi connectivity index (χ2v) is 16.9. The first-order valence-electron chi connectivity index (χ1n) is 24.4. The number of esters is 1. The maximum atomic E-state index is 12.8. The molecule has 0 aromatic rings. The first kappa shape index (κ1) is 53.4. The average molecular weight is 779 g/mol. The van der Waals surface area contributed by atoms with E-state index in [4.69, 9.17) is 10.5 Å². The SMILES string of the molecule is CCCCCCCCCCCCCCCCCC(=O)OC(CCCCCCCCCCCCCCCC)CCCCCCCC(=O)NC(CCCN)C(=O)O. The molecule has 0 spiro atoms. The molecule has 0 saturated carbocycles. The maximum Gasteiger partial charge on any atom is 0.326 e. The molecule has 55 heavy (non-hydrogen) atoms. The first-order valence-corrected chi connectivity index (χ1v) is 24.4. The van der Waals surface area contributed by atoms with Crippen molar-refractivity contribution in [3.8, 4) is 0 Å². The standard InChI is InChI=1S/C48H94N2O5/c1-3-5-7-9-11-13-15-17-19-21-23-25-27-32-36-42-47(52)55-44(38-33-29-26-24-22-20-18-16-14-12-10-8-6-4-2)39-34-30-28-31-35-41-46(51)50-45(48(53)54)40-37-43-49/h44-45H,3-43,49H2,1-2H3,(H,50,51)(H,53,54). The minimum Gasteiger partial charge on any atom is -0.480 e. The molecule has 0 aromatic carbocycles. The lowest BCUT2D eigenvalue weighted by Crippen LogP contribution is -2.40. The van der Waals surface area contributed by atoms with Crippen molar-refractivity contribution >= 4 is 17.8 Å². The van der Waals surface area contributed by atoms with Gasteiger partial charge in [0.25, 0.3) is 0 Å². The van der Waals surface area contributed by atoms with E-state index in [-0.39, 0.29) is 18.0 Å². The third-order valence-corrected chi connectivity index (χ3v) is 11.4. The number of carboxylic acid groups (broad SMARTS) is 1. The fourth-order valence-electron chi connectivity index (χ4n) is 7.75. The minimum atomic E-state index is -0.999. The van der Waals surface area contributed by atoms with Crippen LogP contribution >= 0.6 is 0 Å². The van der Waals surface area contributed by atoms with Gasteiger partial charge in [-0.15, -0.1) is 0 Å². The molecule has 0 heterocycles. The molecule has 2 atom stereocenters. The second kappa shape index (κ2) is 43.5. The number of hydrogen-bond acceptors (Lipinski definition) is 5. The van der Waals surface area contributed by atoms with Crippen molar-refractivity contribution in [2.24, 2.45) is 5.73 Å². The first-order chi connectivity index (χ1) is 26.9. The van der Waals surface area contributed by atoms with Gasteiger partial charge in [0.15, 0.2) is 0 Å². The summed E-state index contributed by atoms with van der Waals surface area (Å²) in [7, 11) is 0. The topological polar surface area (TPSA) is 119 Å². The van der Waals surface area contributed by atoms with Gasteiger partial charge in [-0.3, -0.25) is 9.59 Å². The smallest absolute Gasteiger partial charge is 0.326 e. The number of aliphatic carboxylic acids is 1. The van der Waals surface area contributed by atoms with E-state index in [0.717, 1.165) is 64.2 Å². The van der Waals surface area contributed by atoms with Crippen molar-refractivity contribution in [2.75, 3.05) is 6.54 Å². The summed E-state index contributed by atoms with van der Waals surface area (Å²) in [6.45, 7) is 4.98. The Labute approximate surface area is 341 Å². The highest BCUT2D eigenvalue weighted by atomic mass is 16.5. The van der Waals surface area contributed by atoms with Crippen LogP contribution in [0.5, 0.6) is 0 Å². The number of nitrogens with one attached hydrogen (secondary N) is 1. The highest BCUT2D eigenvalue weighted by Gasteiger charge is 2.19. The largest absolute Gasteiger partial charge is 0.480 e. The monoisotopic (exact) mass is 779 g/mol. The number of unbranched alkanes of at least 4 members (excludes halogenated alkanes) is 31. The van der Waals surface area contributed by atoms with Gasteiger partial charge >= 0.3 is 11.9 Å². The Bertz CT molecular complexity index is 837. The Morgan fingerprint density at radius 1 is 0.455 bits per heavy atom. The van der Waals surface area contributed by atoms with Gasteiger partial charge in [0.05, 0.1) is 0 Å². The highest BCUT2D eigenvalue weighted by molar-refractivity contribution is 5.83. The molecule has 0 saturated heterocycles. The fourth-order valence-corrected chi connectivity index (χ4v) is 7.75. The predicted octanol–water partition coefficient (Wildman–Crippen LogP) is 14.1. The number of rotatable bonds is 45. The Morgan fingerprint density at radius 3 is 1.13 bits per heavy atom. The number of amides is 1. The highest BCUT2D eigenvalue weighted by Crippen LogP contribution is 2.20. The summed E-state index contributed by atoms with van der Waals surface area (Å²) < 4.78 is 6.08. The molecule has 2 unspecified atom stereocenters. The van der Waals surface area contributed by atoms with E-state index < -0.39 is 12.0 Å². The molecule has 0 aliphatic carbocycles. The van der Waals surface area contributed by atoms with Crippen LogP contribution in [-0.2, 0) is 19.1 Å². The molecule has 0 aromatic heterocycles. The minimum absolute atomic E-state index is 0.0119. The zero-order valence-electron chi connectivity index (χ0n) is 36.8. The molecule has 0 fully saturated rings. The lowest BCUT2D eigenvalue weighted by molar-refractivity contribution is -0.150. The Kier molecular flexibility index (Phi) is 42.2.